The lowest BCUT2D eigenvalue weighted by molar-refractivity contribution is 0.414. The van der Waals surface area contributed by atoms with Crippen LogP contribution in [0.5, 0.6) is 5.75 Å². The van der Waals surface area contributed by atoms with E-state index in [2.05, 4.69) is 45.9 Å². The van der Waals surface area contributed by atoms with Gasteiger partial charge in [-0.1, -0.05) is 24.3 Å². The number of methoxy groups -OCH3 is 1. The van der Waals surface area contributed by atoms with Gasteiger partial charge < -0.3 is 15.0 Å². The molecule has 5 heteroatoms. The molecule has 0 saturated carbocycles. The van der Waals surface area contributed by atoms with Gasteiger partial charge in [0.05, 0.1) is 12.8 Å². The first kappa shape index (κ1) is 16.9. The van der Waals surface area contributed by atoms with Crippen molar-refractivity contribution in [3.8, 4) is 17.0 Å². The van der Waals surface area contributed by atoms with Crippen molar-refractivity contribution in [2.24, 2.45) is 0 Å². The van der Waals surface area contributed by atoms with Crippen LogP contribution in [0, 0.1) is 0 Å². The first-order chi connectivity index (χ1) is 12.8. The predicted molar refractivity (Wildman–Crippen MR) is 109 cm³/mol. The third kappa shape index (κ3) is 3.83. The average Bonchev–Trinajstić information content (AvgIpc) is 3.39. The van der Waals surface area contributed by atoms with Crippen molar-refractivity contribution >= 4 is 22.2 Å². The zero-order chi connectivity index (χ0) is 17.8. The Morgan fingerprint density at radius 1 is 1.12 bits per heavy atom. The number of aromatic nitrogens is 1. The van der Waals surface area contributed by atoms with Crippen LogP contribution in [0.3, 0.4) is 0 Å². The SMILES string of the molecule is COc1cccc(CNc2nc(-c3ccc(N4CCCC4)cc3)cs2)c1. The van der Waals surface area contributed by atoms with Gasteiger partial charge in [0.25, 0.3) is 0 Å². The molecule has 0 bridgehead atoms. The number of ether oxygens (including phenoxy) is 1. The molecule has 4 nitrogen and oxygen atoms in total. The van der Waals surface area contributed by atoms with Gasteiger partial charge in [0.15, 0.2) is 5.13 Å². The molecule has 0 radical (unpaired) electrons. The molecule has 0 aliphatic carbocycles. The number of thiazole rings is 1. The van der Waals surface area contributed by atoms with Crippen molar-refractivity contribution in [2.75, 3.05) is 30.4 Å². The number of benzene rings is 2. The number of nitrogens with zero attached hydrogens (tertiary/aromatic N) is 2. The van der Waals surface area contributed by atoms with Crippen LogP contribution >= 0.6 is 11.3 Å². The summed E-state index contributed by atoms with van der Waals surface area (Å²) in [5.74, 6) is 0.877. The van der Waals surface area contributed by atoms with E-state index in [4.69, 9.17) is 9.72 Å². The molecule has 1 fully saturated rings. The largest absolute Gasteiger partial charge is 0.497 e. The summed E-state index contributed by atoms with van der Waals surface area (Å²) in [6.07, 6.45) is 2.60. The monoisotopic (exact) mass is 365 g/mol. The number of nitrogens with one attached hydrogen (secondary N) is 1. The first-order valence-corrected chi connectivity index (χ1v) is 9.87. The first-order valence-electron chi connectivity index (χ1n) is 8.99. The number of hydrogen-bond acceptors (Lipinski definition) is 5. The molecule has 0 amide bonds. The summed E-state index contributed by atoms with van der Waals surface area (Å²) >= 11 is 1.64. The molecule has 3 aromatic rings. The maximum atomic E-state index is 5.27. The summed E-state index contributed by atoms with van der Waals surface area (Å²) < 4.78 is 5.27. The summed E-state index contributed by atoms with van der Waals surface area (Å²) in [7, 11) is 1.69. The fourth-order valence-electron chi connectivity index (χ4n) is 3.27. The van der Waals surface area contributed by atoms with Gasteiger partial charge in [0, 0.05) is 36.3 Å². The molecule has 1 aliphatic heterocycles. The predicted octanol–water partition coefficient (Wildman–Crippen LogP) is 5.03. The lowest BCUT2D eigenvalue weighted by Gasteiger charge is -2.17. The van der Waals surface area contributed by atoms with Gasteiger partial charge >= 0.3 is 0 Å². The Morgan fingerprint density at radius 3 is 2.69 bits per heavy atom. The van der Waals surface area contributed by atoms with Crippen LogP contribution in [0.1, 0.15) is 18.4 Å². The zero-order valence-corrected chi connectivity index (χ0v) is 15.8. The molecule has 1 aliphatic rings. The van der Waals surface area contributed by atoms with E-state index in [9.17, 15) is 0 Å². The van der Waals surface area contributed by atoms with Gasteiger partial charge in [-0.3, -0.25) is 0 Å². The quantitative estimate of drug-likeness (QED) is 0.665. The number of anilines is 2. The Hall–Kier alpha value is -2.53. The second-order valence-corrected chi connectivity index (χ2v) is 7.34. The molecule has 0 atom stereocenters. The van der Waals surface area contributed by atoms with Gasteiger partial charge in [-0.15, -0.1) is 11.3 Å². The highest BCUT2D eigenvalue weighted by atomic mass is 32.1. The van der Waals surface area contributed by atoms with Crippen LogP contribution in [0.2, 0.25) is 0 Å². The summed E-state index contributed by atoms with van der Waals surface area (Å²) in [4.78, 5) is 7.18. The molecule has 2 heterocycles. The fourth-order valence-corrected chi connectivity index (χ4v) is 3.98. The molecule has 0 spiro atoms. The van der Waals surface area contributed by atoms with E-state index in [1.54, 1.807) is 18.4 Å². The molecule has 26 heavy (non-hydrogen) atoms. The number of rotatable bonds is 6. The van der Waals surface area contributed by atoms with E-state index in [-0.39, 0.29) is 0 Å². The summed E-state index contributed by atoms with van der Waals surface area (Å²) in [5.41, 5.74) is 4.68. The van der Waals surface area contributed by atoms with Crippen LogP contribution in [0.15, 0.2) is 53.9 Å². The second kappa shape index (κ2) is 7.79. The van der Waals surface area contributed by atoms with Crippen LogP contribution in [-0.2, 0) is 6.54 Å². The van der Waals surface area contributed by atoms with Crippen molar-refractivity contribution in [1.29, 1.82) is 0 Å². The van der Waals surface area contributed by atoms with E-state index in [0.717, 1.165) is 23.1 Å². The van der Waals surface area contributed by atoms with Gasteiger partial charge in [-0.2, -0.15) is 0 Å². The van der Waals surface area contributed by atoms with Crippen LogP contribution in [-0.4, -0.2) is 25.2 Å². The minimum atomic E-state index is 0.734. The number of hydrogen-bond donors (Lipinski definition) is 1. The second-order valence-electron chi connectivity index (χ2n) is 6.48. The Morgan fingerprint density at radius 2 is 1.92 bits per heavy atom. The molecular weight excluding hydrogens is 342 g/mol. The standard InChI is InChI=1S/C21H23N3OS/c1-25-19-6-4-5-16(13-19)14-22-21-23-20(15-26-21)17-7-9-18(10-8-17)24-11-2-3-12-24/h4-10,13,15H,2-3,11-12,14H2,1H3,(H,22,23). The maximum Gasteiger partial charge on any atom is 0.183 e. The Bertz CT molecular complexity index is 854. The summed E-state index contributed by atoms with van der Waals surface area (Å²) in [5, 5.41) is 6.45. The minimum Gasteiger partial charge on any atom is -0.497 e. The molecule has 1 aromatic heterocycles. The molecule has 0 unspecified atom stereocenters. The lowest BCUT2D eigenvalue weighted by Crippen LogP contribution is -2.17. The average molecular weight is 366 g/mol. The van der Waals surface area contributed by atoms with E-state index in [1.807, 2.05) is 18.2 Å². The highest BCUT2D eigenvalue weighted by molar-refractivity contribution is 7.14. The Kier molecular flexibility index (Phi) is 5.07. The van der Waals surface area contributed by atoms with Crippen molar-refractivity contribution < 1.29 is 4.74 Å². The molecule has 4 rings (SSSR count). The highest BCUT2D eigenvalue weighted by Crippen LogP contribution is 2.28. The van der Waals surface area contributed by atoms with E-state index in [0.29, 0.717) is 0 Å². The maximum absolute atomic E-state index is 5.27. The molecule has 2 aromatic carbocycles. The van der Waals surface area contributed by atoms with Gasteiger partial charge in [0.2, 0.25) is 0 Å². The highest BCUT2D eigenvalue weighted by Gasteiger charge is 2.12. The molecular formula is C21H23N3OS. The molecule has 1 saturated heterocycles. The molecule has 1 N–H and O–H groups in total. The van der Waals surface area contributed by atoms with Gasteiger partial charge in [-0.05, 0) is 42.7 Å². The summed E-state index contributed by atoms with van der Waals surface area (Å²) in [6, 6.07) is 16.9. The van der Waals surface area contributed by atoms with Crippen LogP contribution in [0.4, 0.5) is 10.8 Å². The van der Waals surface area contributed by atoms with E-state index >= 15 is 0 Å². The van der Waals surface area contributed by atoms with E-state index in [1.165, 1.54) is 42.7 Å². The third-order valence-electron chi connectivity index (χ3n) is 4.72. The Balaban J connectivity index is 1.40. The van der Waals surface area contributed by atoms with Crippen molar-refractivity contribution in [3.05, 3.63) is 59.5 Å². The third-order valence-corrected chi connectivity index (χ3v) is 5.52. The van der Waals surface area contributed by atoms with Crippen molar-refractivity contribution in [3.63, 3.8) is 0 Å². The van der Waals surface area contributed by atoms with Gasteiger partial charge in [-0.25, -0.2) is 4.98 Å². The molecule has 134 valence electrons. The zero-order valence-electron chi connectivity index (χ0n) is 14.9. The lowest BCUT2D eigenvalue weighted by atomic mass is 10.1. The van der Waals surface area contributed by atoms with Crippen molar-refractivity contribution in [1.82, 2.24) is 4.98 Å². The van der Waals surface area contributed by atoms with E-state index < -0.39 is 0 Å². The summed E-state index contributed by atoms with van der Waals surface area (Å²) in [6.45, 7) is 3.08. The van der Waals surface area contributed by atoms with Crippen molar-refractivity contribution in [2.45, 2.75) is 19.4 Å². The topological polar surface area (TPSA) is 37.4 Å². The Labute approximate surface area is 158 Å². The minimum absolute atomic E-state index is 0.734. The van der Waals surface area contributed by atoms with Crippen LogP contribution < -0.4 is 15.0 Å². The fraction of sp³-hybridized carbons (Fsp3) is 0.286. The van der Waals surface area contributed by atoms with Crippen LogP contribution in [0.25, 0.3) is 11.3 Å². The normalized spacial score (nSPS) is 13.8. The smallest absolute Gasteiger partial charge is 0.183 e. The van der Waals surface area contributed by atoms with Gasteiger partial charge in [0.1, 0.15) is 5.75 Å².